The quantitative estimate of drug-likeness (QED) is 0.678. The molecule has 0 unspecified atom stereocenters. The minimum atomic E-state index is -1.26. The van der Waals surface area contributed by atoms with E-state index in [9.17, 15) is 15.3 Å². The molecule has 4 atom stereocenters. The van der Waals surface area contributed by atoms with Gasteiger partial charge in [-0.1, -0.05) is 11.6 Å². The number of phenols is 1. The van der Waals surface area contributed by atoms with Crippen LogP contribution in [0.3, 0.4) is 0 Å². The van der Waals surface area contributed by atoms with E-state index in [1.807, 2.05) is 12.1 Å². The van der Waals surface area contributed by atoms with Crippen molar-refractivity contribution >= 4 is 0 Å². The number of methoxy groups -OCH3 is 1. The van der Waals surface area contributed by atoms with E-state index in [1.54, 1.807) is 13.0 Å². The molecular formula is C17H21NO4. The minimum Gasteiger partial charge on any atom is -0.504 e. The van der Waals surface area contributed by atoms with Crippen LogP contribution in [0, 0.1) is 0 Å². The molecule has 118 valence electrons. The van der Waals surface area contributed by atoms with Crippen molar-refractivity contribution in [1.29, 1.82) is 0 Å². The van der Waals surface area contributed by atoms with Crippen LogP contribution in [0.15, 0.2) is 23.8 Å². The molecule has 4 rings (SSSR count). The van der Waals surface area contributed by atoms with Gasteiger partial charge in [-0.25, -0.2) is 0 Å². The van der Waals surface area contributed by atoms with Crippen molar-refractivity contribution in [3.05, 3.63) is 34.9 Å². The third-order valence-corrected chi connectivity index (χ3v) is 5.53. The summed E-state index contributed by atoms with van der Waals surface area (Å²) in [4.78, 5) is 2.34. The number of fused-ring (bicyclic) bond motifs is 2. The fourth-order valence-corrected chi connectivity index (χ4v) is 4.37. The van der Waals surface area contributed by atoms with Crippen molar-refractivity contribution in [3.63, 3.8) is 0 Å². The van der Waals surface area contributed by atoms with E-state index in [4.69, 9.17) is 4.74 Å². The highest BCUT2D eigenvalue weighted by Gasteiger charge is 2.54. The Hall–Kier alpha value is -1.56. The minimum absolute atomic E-state index is 0.0779. The summed E-state index contributed by atoms with van der Waals surface area (Å²) in [6.07, 6.45) is 1.85. The predicted molar refractivity (Wildman–Crippen MR) is 80.9 cm³/mol. The Morgan fingerprint density at radius 1 is 1.36 bits per heavy atom. The van der Waals surface area contributed by atoms with Crippen LogP contribution in [0.2, 0.25) is 0 Å². The summed E-state index contributed by atoms with van der Waals surface area (Å²) in [6, 6.07) is 3.65. The summed E-state index contributed by atoms with van der Waals surface area (Å²) < 4.78 is 5.21. The molecule has 0 saturated carbocycles. The number of aliphatic hydroxyl groups is 2. The maximum absolute atomic E-state index is 10.9. The number of ether oxygens (including phenoxy) is 1. The number of aliphatic hydroxyl groups excluding tert-OH is 1. The molecule has 0 radical (unpaired) electrons. The molecule has 3 N–H and O–H groups in total. The Bertz CT molecular complexity index is 667. The second-order valence-corrected chi connectivity index (χ2v) is 6.78. The summed E-state index contributed by atoms with van der Waals surface area (Å²) in [5.41, 5.74) is 1.90. The van der Waals surface area contributed by atoms with E-state index in [0.29, 0.717) is 5.75 Å². The van der Waals surface area contributed by atoms with Crippen LogP contribution >= 0.6 is 0 Å². The van der Waals surface area contributed by atoms with Gasteiger partial charge in [0.1, 0.15) is 6.10 Å². The number of hydrogen-bond donors (Lipinski definition) is 3. The number of nitrogens with zero attached hydrogens (tertiary/aromatic N) is 1. The van der Waals surface area contributed by atoms with Gasteiger partial charge in [0, 0.05) is 25.0 Å². The molecule has 0 bridgehead atoms. The first-order valence-corrected chi connectivity index (χ1v) is 7.68. The molecule has 5 nitrogen and oxygen atoms in total. The molecule has 3 aliphatic rings. The molecule has 1 aromatic rings. The third kappa shape index (κ3) is 1.70. The maximum Gasteiger partial charge on any atom is 0.160 e. The lowest BCUT2D eigenvalue weighted by Crippen LogP contribution is -2.56. The van der Waals surface area contributed by atoms with E-state index >= 15 is 0 Å². The molecular weight excluding hydrogens is 282 g/mol. The highest BCUT2D eigenvalue weighted by atomic mass is 16.5. The molecule has 1 fully saturated rings. The number of benzene rings is 1. The van der Waals surface area contributed by atoms with Gasteiger partial charge in [0.15, 0.2) is 11.5 Å². The van der Waals surface area contributed by atoms with Crippen LogP contribution < -0.4 is 4.74 Å². The molecule has 22 heavy (non-hydrogen) atoms. The van der Waals surface area contributed by atoms with Crippen molar-refractivity contribution in [2.45, 2.75) is 43.6 Å². The summed E-state index contributed by atoms with van der Waals surface area (Å²) >= 11 is 0. The van der Waals surface area contributed by atoms with Crippen LogP contribution in [0.5, 0.6) is 11.5 Å². The van der Waals surface area contributed by atoms with Crippen LogP contribution in [0.1, 0.15) is 30.4 Å². The Balaban J connectivity index is 1.92. The zero-order valence-electron chi connectivity index (χ0n) is 12.8. The first-order chi connectivity index (χ1) is 10.4. The molecule has 1 aliphatic carbocycles. The van der Waals surface area contributed by atoms with Crippen LogP contribution in [0.25, 0.3) is 0 Å². The average molecular weight is 303 g/mol. The Labute approximate surface area is 129 Å². The van der Waals surface area contributed by atoms with Gasteiger partial charge in [-0.15, -0.1) is 0 Å². The van der Waals surface area contributed by atoms with Crippen molar-refractivity contribution in [1.82, 2.24) is 4.90 Å². The van der Waals surface area contributed by atoms with Crippen molar-refractivity contribution in [2.75, 3.05) is 13.7 Å². The van der Waals surface area contributed by atoms with Gasteiger partial charge in [0.25, 0.3) is 0 Å². The predicted octanol–water partition coefficient (Wildman–Crippen LogP) is 1.12. The van der Waals surface area contributed by atoms with Gasteiger partial charge in [-0.05, 0) is 36.6 Å². The van der Waals surface area contributed by atoms with Crippen LogP contribution in [-0.4, -0.2) is 51.6 Å². The second-order valence-electron chi connectivity index (χ2n) is 6.78. The zero-order valence-corrected chi connectivity index (χ0v) is 12.8. The monoisotopic (exact) mass is 303 g/mol. The van der Waals surface area contributed by atoms with Gasteiger partial charge < -0.3 is 20.1 Å². The Morgan fingerprint density at radius 2 is 2.14 bits per heavy atom. The molecule has 2 heterocycles. The van der Waals surface area contributed by atoms with Crippen molar-refractivity contribution < 1.29 is 20.1 Å². The van der Waals surface area contributed by atoms with Gasteiger partial charge >= 0.3 is 0 Å². The molecule has 0 aromatic heterocycles. The lowest BCUT2D eigenvalue weighted by atomic mass is 9.66. The van der Waals surface area contributed by atoms with Crippen molar-refractivity contribution in [2.24, 2.45) is 0 Å². The smallest absolute Gasteiger partial charge is 0.160 e. The lowest BCUT2D eigenvalue weighted by Gasteiger charge is -2.49. The second kappa shape index (κ2) is 4.47. The Kier molecular flexibility index (Phi) is 2.86. The first kappa shape index (κ1) is 14.1. The van der Waals surface area contributed by atoms with Crippen LogP contribution in [0.4, 0.5) is 0 Å². The Morgan fingerprint density at radius 3 is 2.86 bits per heavy atom. The summed E-state index contributed by atoms with van der Waals surface area (Å²) in [7, 11) is 1.53. The SMILES string of the molecule is COc1cc2c(cc1O)[C@H]1[C@H]3C(=C[C@H](O)[C@]1(C)O)CCN3C2. The molecule has 2 aliphatic heterocycles. The van der Waals surface area contributed by atoms with Crippen molar-refractivity contribution in [3.8, 4) is 11.5 Å². The highest BCUT2D eigenvalue weighted by Crippen LogP contribution is 2.52. The van der Waals surface area contributed by atoms with Gasteiger partial charge in [-0.3, -0.25) is 4.90 Å². The third-order valence-electron chi connectivity index (χ3n) is 5.53. The van der Waals surface area contributed by atoms with Gasteiger partial charge in [0.05, 0.1) is 12.7 Å². The van der Waals surface area contributed by atoms with Gasteiger partial charge in [0.2, 0.25) is 0 Å². The molecule has 5 heteroatoms. The summed E-state index contributed by atoms with van der Waals surface area (Å²) in [6.45, 7) is 3.39. The molecule has 1 aromatic carbocycles. The van der Waals surface area contributed by atoms with E-state index < -0.39 is 11.7 Å². The highest BCUT2D eigenvalue weighted by molar-refractivity contribution is 5.52. The summed E-state index contributed by atoms with van der Waals surface area (Å²) in [5, 5.41) is 31.4. The zero-order chi connectivity index (χ0) is 15.6. The van der Waals surface area contributed by atoms with E-state index in [-0.39, 0.29) is 17.7 Å². The number of rotatable bonds is 1. The first-order valence-electron chi connectivity index (χ1n) is 7.68. The van der Waals surface area contributed by atoms with Gasteiger partial charge in [-0.2, -0.15) is 0 Å². The summed E-state index contributed by atoms with van der Waals surface area (Å²) in [5.74, 6) is 0.280. The number of hydrogen-bond acceptors (Lipinski definition) is 5. The number of phenolic OH excluding ortho intramolecular Hbond substituents is 1. The van der Waals surface area contributed by atoms with E-state index in [0.717, 1.165) is 30.6 Å². The van der Waals surface area contributed by atoms with E-state index in [1.165, 1.54) is 12.7 Å². The topological polar surface area (TPSA) is 73.2 Å². The fourth-order valence-electron chi connectivity index (χ4n) is 4.37. The fraction of sp³-hybridized carbons (Fsp3) is 0.529. The maximum atomic E-state index is 10.9. The van der Waals surface area contributed by atoms with E-state index in [2.05, 4.69) is 4.90 Å². The number of aromatic hydroxyl groups is 1. The average Bonchev–Trinajstić information content (AvgIpc) is 2.86. The van der Waals surface area contributed by atoms with Crippen LogP contribution in [-0.2, 0) is 6.54 Å². The lowest BCUT2D eigenvalue weighted by molar-refractivity contribution is -0.0817. The molecule has 0 amide bonds. The normalized spacial score (nSPS) is 36.5. The molecule has 1 saturated heterocycles. The largest absolute Gasteiger partial charge is 0.504 e. The standard InChI is InChI=1S/C17H21NO4/c1-17(21)14(20)6-9-3-4-18-8-10-5-13(22-2)12(19)7-11(10)15(17)16(9)18/h5-7,14-16,19-21H,3-4,8H2,1-2H3/t14-,15-,16+,17-/m0/s1. The molecule has 0 spiro atoms.